The summed E-state index contributed by atoms with van der Waals surface area (Å²) in [7, 11) is 0. The Bertz CT molecular complexity index is 520. The highest BCUT2D eigenvalue weighted by molar-refractivity contribution is 5.80. The second kappa shape index (κ2) is 6.81. The van der Waals surface area contributed by atoms with Crippen LogP contribution in [0.15, 0.2) is 30.3 Å². The van der Waals surface area contributed by atoms with Crippen LogP contribution in [-0.4, -0.2) is 47.9 Å². The Hall–Kier alpha value is -2.04. The number of amides is 3. The van der Waals surface area contributed by atoms with E-state index < -0.39 is 0 Å². The first-order chi connectivity index (χ1) is 10.7. The number of carbonyl (C=O) groups excluding carboxylic acids is 2. The summed E-state index contributed by atoms with van der Waals surface area (Å²) in [5.74, 6) is 0.536. The zero-order chi connectivity index (χ0) is 15.4. The van der Waals surface area contributed by atoms with Gasteiger partial charge in [0.15, 0.2) is 0 Å². The van der Waals surface area contributed by atoms with E-state index in [1.54, 1.807) is 4.90 Å². The zero-order valence-corrected chi connectivity index (χ0v) is 12.8. The van der Waals surface area contributed by atoms with Crippen molar-refractivity contribution in [2.24, 2.45) is 5.92 Å². The Morgan fingerprint density at radius 3 is 2.23 bits per heavy atom. The average Bonchev–Trinajstić information content (AvgIpc) is 2.52. The van der Waals surface area contributed by atoms with Crippen LogP contribution in [0.2, 0.25) is 0 Å². The molecule has 1 heterocycles. The standard InChI is InChI=1S/C17H23N3O2/c21-16(15-7-4-8-15)19-9-11-20(12-10-19)17(22)18-13-14-5-2-1-3-6-14/h1-3,5-6,15H,4,7-13H2,(H,18,22). The third-order valence-electron chi connectivity index (χ3n) is 4.62. The Labute approximate surface area is 131 Å². The van der Waals surface area contributed by atoms with Crippen molar-refractivity contribution in [3.8, 4) is 0 Å². The number of urea groups is 1. The molecular formula is C17H23N3O2. The molecule has 1 aliphatic heterocycles. The van der Waals surface area contributed by atoms with Crippen LogP contribution in [-0.2, 0) is 11.3 Å². The first kappa shape index (κ1) is 14.9. The fourth-order valence-electron chi connectivity index (χ4n) is 2.93. The molecule has 0 spiro atoms. The predicted molar refractivity (Wildman–Crippen MR) is 84.2 cm³/mol. The van der Waals surface area contributed by atoms with Crippen molar-refractivity contribution >= 4 is 11.9 Å². The van der Waals surface area contributed by atoms with Crippen LogP contribution >= 0.6 is 0 Å². The molecule has 1 saturated heterocycles. The Morgan fingerprint density at radius 1 is 1.00 bits per heavy atom. The molecule has 5 nitrogen and oxygen atoms in total. The number of nitrogens with zero attached hydrogens (tertiary/aromatic N) is 2. The summed E-state index contributed by atoms with van der Waals surface area (Å²) < 4.78 is 0. The molecule has 1 N–H and O–H groups in total. The number of rotatable bonds is 3. The molecule has 5 heteroatoms. The van der Waals surface area contributed by atoms with Crippen molar-refractivity contribution in [1.29, 1.82) is 0 Å². The predicted octanol–water partition coefficient (Wildman–Crippen LogP) is 1.84. The molecule has 1 saturated carbocycles. The van der Waals surface area contributed by atoms with E-state index in [0.717, 1.165) is 18.4 Å². The minimum Gasteiger partial charge on any atom is -0.339 e. The van der Waals surface area contributed by atoms with Crippen molar-refractivity contribution in [2.45, 2.75) is 25.8 Å². The quantitative estimate of drug-likeness (QED) is 0.926. The lowest BCUT2D eigenvalue weighted by Crippen LogP contribution is -2.54. The van der Waals surface area contributed by atoms with Gasteiger partial charge in [0.1, 0.15) is 0 Å². The summed E-state index contributed by atoms with van der Waals surface area (Å²) in [5, 5.41) is 2.94. The Morgan fingerprint density at radius 2 is 1.64 bits per heavy atom. The van der Waals surface area contributed by atoms with Gasteiger partial charge in [0.05, 0.1) is 0 Å². The van der Waals surface area contributed by atoms with E-state index in [9.17, 15) is 9.59 Å². The largest absolute Gasteiger partial charge is 0.339 e. The summed E-state index contributed by atoms with van der Waals surface area (Å²) in [6, 6.07) is 9.84. The maximum Gasteiger partial charge on any atom is 0.317 e. The van der Waals surface area contributed by atoms with Crippen LogP contribution in [0, 0.1) is 5.92 Å². The van der Waals surface area contributed by atoms with E-state index in [1.807, 2.05) is 35.2 Å². The van der Waals surface area contributed by atoms with E-state index in [2.05, 4.69) is 5.32 Å². The van der Waals surface area contributed by atoms with Crippen LogP contribution in [0.5, 0.6) is 0 Å². The van der Waals surface area contributed by atoms with Crippen molar-refractivity contribution in [1.82, 2.24) is 15.1 Å². The van der Waals surface area contributed by atoms with Gasteiger partial charge in [0.2, 0.25) is 5.91 Å². The van der Waals surface area contributed by atoms with Crippen molar-refractivity contribution in [3.05, 3.63) is 35.9 Å². The van der Waals surface area contributed by atoms with Crippen LogP contribution in [0.4, 0.5) is 4.79 Å². The van der Waals surface area contributed by atoms with Crippen LogP contribution in [0.25, 0.3) is 0 Å². The van der Waals surface area contributed by atoms with Crippen molar-refractivity contribution in [3.63, 3.8) is 0 Å². The van der Waals surface area contributed by atoms with E-state index >= 15 is 0 Å². The third-order valence-corrected chi connectivity index (χ3v) is 4.62. The minimum atomic E-state index is -0.0420. The molecule has 3 rings (SSSR count). The highest BCUT2D eigenvalue weighted by Gasteiger charge is 2.31. The lowest BCUT2D eigenvalue weighted by atomic mass is 9.84. The van der Waals surface area contributed by atoms with Crippen molar-refractivity contribution in [2.75, 3.05) is 26.2 Å². The maximum atomic E-state index is 12.2. The van der Waals surface area contributed by atoms with Gasteiger partial charge in [-0.3, -0.25) is 4.79 Å². The molecule has 2 fully saturated rings. The molecule has 1 aromatic carbocycles. The summed E-state index contributed by atoms with van der Waals surface area (Å²) in [6.45, 7) is 3.11. The summed E-state index contributed by atoms with van der Waals surface area (Å²) in [5.41, 5.74) is 1.09. The highest BCUT2D eigenvalue weighted by Crippen LogP contribution is 2.28. The van der Waals surface area contributed by atoms with E-state index in [0.29, 0.717) is 32.7 Å². The van der Waals surface area contributed by atoms with Crippen LogP contribution < -0.4 is 5.32 Å². The Balaban J connectivity index is 1.42. The fraction of sp³-hybridized carbons (Fsp3) is 0.529. The number of nitrogens with one attached hydrogen (secondary N) is 1. The fourth-order valence-corrected chi connectivity index (χ4v) is 2.93. The Kier molecular flexibility index (Phi) is 4.61. The first-order valence-electron chi connectivity index (χ1n) is 8.09. The number of hydrogen-bond acceptors (Lipinski definition) is 2. The van der Waals surface area contributed by atoms with Crippen molar-refractivity contribution < 1.29 is 9.59 Å². The normalized spacial score (nSPS) is 18.7. The van der Waals surface area contributed by atoms with Gasteiger partial charge in [-0.2, -0.15) is 0 Å². The number of piperazine rings is 1. The average molecular weight is 301 g/mol. The lowest BCUT2D eigenvalue weighted by Gasteiger charge is -2.38. The summed E-state index contributed by atoms with van der Waals surface area (Å²) in [6.07, 6.45) is 3.26. The van der Waals surface area contributed by atoms with Gasteiger partial charge in [-0.25, -0.2) is 4.79 Å². The number of carbonyl (C=O) groups is 2. The molecule has 2 aliphatic rings. The molecule has 0 radical (unpaired) electrons. The molecular weight excluding hydrogens is 278 g/mol. The molecule has 22 heavy (non-hydrogen) atoms. The second-order valence-corrected chi connectivity index (χ2v) is 6.08. The second-order valence-electron chi connectivity index (χ2n) is 6.08. The van der Waals surface area contributed by atoms with E-state index in [1.165, 1.54) is 6.42 Å². The van der Waals surface area contributed by atoms with Gasteiger partial charge in [0, 0.05) is 38.6 Å². The number of benzene rings is 1. The first-order valence-corrected chi connectivity index (χ1v) is 8.09. The SMILES string of the molecule is O=C(NCc1ccccc1)N1CCN(C(=O)C2CCC2)CC1. The van der Waals surface area contributed by atoms with Crippen LogP contribution in [0.1, 0.15) is 24.8 Å². The molecule has 1 aliphatic carbocycles. The van der Waals surface area contributed by atoms with Gasteiger partial charge in [0.25, 0.3) is 0 Å². The van der Waals surface area contributed by atoms with Gasteiger partial charge < -0.3 is 15.1 Å². The van der Waals surface area contributed by atoms with Gasteiger partial charge in [-0.1, -0.05) is 36.8 Å². The van der Waals surface area contributed by atoms with Gasteiger partial charge in [-0.05, 0) is 18.4 Å². The number of hydrogen-bond donors (Lipinski definition) is 1. The summed E-state index contributed by atoms with van der Waals surface area (Å²) >= 11 is 0. The topological polar surface area (TPSA) is 52.7 Å². The summed E-state index contributed by atoms with van der Waals surface area (Å²) in [4.78, 5) is 28.1. The van der Waals surface area contributed by atoms with Crippen LogP contribution in [0.3, 0.4) is 0 Å². The molecule has 0 atom stereocenters. The smallest absolute Gasteiger partial charge is 0.317 e. The highest BCUT2D eigenvalue weighted by atomic mass is 16.2. The molecule has 3 amide bonds. The van der Waals surface area contributed by atoms with E-state index in [4.69, 9.17) is 0 Å². The minimum absolute atomic E-state index is 0.0420. The molecule has 118 valence electrons. The van der Waals surface area contributed by atoms with E-state index in [-0.39, 0.29) is 17.9 Å². The molecule has 0 bridgehead atoms. The maximum absolute atomic E-state index is 12.2. The molecule has 1 aromatic rings. The monoisotopic (exact) mass is 301 g/mol. The lowest BCUT2D eigenvalue weighted by molar-refractivity contribution is -0.139. The zero-order valence-electron chi connectivity index (χ0n) is 12.8. The molecule has 0 aromatic heterocycles. The molecule has 0 unspecified atom stereocenters. The third kappa shape index (κ3) is 3.40. The van der Waals surface area contributed by atoms with Gasteiger partial charge >= 0.3 is 6.03 Å². The van der Waals surface area contributed by atoms with Gasteiger partial charge in [-0.15, -0.1) is 0 Å².